The van der Waals surface area contributed by atoms with Crippen molar-refractivity contribution in [2.45, 2.75) is 38.5 Å². The molecule has 4 aromatic rings. The summed E-state index contributed by atoms with van der Waals surface area (Å²) >= 11 is 1.40. The van der Waals surface area contributed by atoms with Crippen molar-refractivity contribution in [1.82, 2.24) is 20.3 Å². The van der Waals surface area contributed by atoms with Gasteiger partial charge in [-0.3, -0.25) is 14.5 Å². The van der Waals surface area contributed by atoms with Crippen LogP contribution in [-0.4, -0.2) is 46.1 Å². The number of carbonyl (C=O) groups excluding carboxylic acids is 2. The number of hydrogen-bond acceptors (Lipinski definition) is 6. The Morgan fingerprint density at radius 1 is 1.22 bits per heavy atom. The number of ether oxygens (including phenoxy) is 1. The Morgan fingerprint density at radius 3 is 2.75 bits per heavy atom. The van der Waals surface area contributed by atoms with E-state index in [0.29, 0.717) is 29.9 Å². The van der Waals surface area contributed by atoms with Gasteiger partial charge in [0.2, 0.25) is 11.8 Å². The number of nitrogens with zero attached hydrogens (tertiary/aromatic N) is 4. The molecule has 0 saturated carbocycles. The second-order valence-electron chi connectivity index (χ2n) is 8.73. The van der Waals surface area contributed by atoms with E-state index in [1.54, 1.807) is 0 Å². The lowest BCUT2D eigenvalue weighted by atomic mass is 10.1. The van der Waals surface area contributed by atoms with E-state index in [4.69, 9.17) is 4.74 Å². The number of anilines is 1. The smallest absolute Gasteiger partial charge is 0.249 e. The first kappa shape index (κ1) is 24.1. The number of amides is 2. The number of thiophene rings is 1. The topological polar surface area (TPSA) is 89.4 Å². The summed E-state index contributed by atoms with van der Waals surface area (Å²) in [4.78, 5) is 29.8. The van der Waals surface area contributed by atoms with Crippen LogP contribution in [0.2, 0.25) is 0 Å². The third-order valence-electron chi connectivity index (χ3n) is 6.26. The lowest BCUT2D eigenvalue weighted by Crippen LogP contribution is -2.46. The number of aryl methyl sites for hydroxylation is 1. The molecule has 0 radical (unpaired) electrons. The van der Waals surface area contributed by atoms with Gasteiger partial charge in [0.15, 0.2) is 0 Å². The van der Waals surface area contributed by atoms with Crippen LogP contribution in [-0.2, 0) is 20.9 Å². The maximum Gasteiger partial charge on any atom is 0.249 e. The Morgan fingerprint density at radius 2 is 2.03 bits per heavy atom. The maximum absolute atomic E-state index is 13.9. The van der Waals surface area contributed by atoms with Crippen molar-refractivity contribution < 1.29 is 18.7 Å². The van der Waals surface area contributed by atoms with Crippen LogP contribution >= 0.6 is 11.3 Å². The highest BCUT2D eigenvalue weighted by molar-refractivity contribution is 7.10. The predicted octanol–water partition coefficient (Wildman–Crippen LogP) is 4.01. The molecule has 3 heterocycles. The van der Waals surface area contributed by atoms with Gasteiger partial charge in [-0.2, -0.15) is 0 Å². The van der Waals surface area contributed by atoms with Crippen molar-refractivity contribution in [3.05, 3.63) is 76.2 Å². The van der Waals surface area contributed by atoms with E-state index in [0.717, 1.165) is 23.3 Å². The molecule has 1 saturated heterocycles. The van der Waals surface area contributed by atoms with Gasteiger partial charge in [-0.25, -0.2) is 9.07 Å². The van der Waals surface area contributed by atoms with Crippen LogP contribution < -0.4 is 10.2 Å². The molecule has 10 heteroatoms. The van der Waals surface area contributed by atoms with E-state index < -0.39 is 11.9 Å². The van der Waals surface area contributed by atoms with E-state index in [9.17, 15) is 14.0 Å². The van der Waals surface area contributed by atoms with Crippen LogP contribution in [0.4, 0.5) is 10.1 Å². The van der Waals surface area contributed by atoms with Crippen LogP contribution in [0.15, 0.2) is 60.0 Å². The summed E-state index contributed by atoms with van der Waals surface area (Å²) in [5.41, 5.74) is 2.68. The SMILES string of the molecule is Cc1ccsc1C(C(=O)NCC1CCCO1)N(C(=O)Cn1nnc2ccccc21)c1ccc(F)cc1. The minimum absolute atomic E-state index is 0.0458. The molecule has 2 unspecified atom stereocenters. The summed E-state index contributed by atoms with van der Waals surface area (Å²) in [6, 6.07) is 13.9. The molecule has 186 valence electrons. The standard InChI is InChI=1S/C26H26FN5O3S/c1-17-12-14-36-25(17)24(26(34)28-15-20-5-4-13-35-20)32(19-10-8-18(27)9-11-19)23(33)16-31-22-7-3-2-6-21(22)29-30-31/h2-3,6-12,14,20,24H,4-5,13,15-16H2,1H3,(H,28,34). The fraction of sp³-hybridized carbons (Fsp3) is 0.308. The molecule has 2 aromatic heterocycles. The monoisotopic (exact) mass is 507 g/mol. The first-order chi connectivity index (χ1) is 17.5. The summed E-state index contributed by atoms with van der Waals surface area (Å²) in [5, 5.41) is 13.2. The molecule has 5 rings (SSSR count). The number of para-hydroxylation sites is 1. The predicted molar refractivity (Wildman–Crippen MR) is 135 cm³/mol. The zero-order valence-electron chi connectivity index (χ0n) is 19.8. The summed E-state index contributed by atoms with van der Waals surface area (Å²) < 4.78 is 21.0. The minimum Gasteiger partial charge on any atom is -0.376 e. The number of nitrogens with one attached hydrogen (secondary N) is 1. The number of fused-ring (bicyclic) bond motifs is 1. The number of halogens is 1. The average molecular weight is 508 g/mol. The van der Waals surface area contributed by atoms with Crippen molar-refractivity contribution in [1.29, 1.82) is 0 Å². The molecule has 2 aromatic carbocycles. The summed E-state index contributed by atoms with van der Waals surface area (Å²) in [5.74, 6) is -1.13. The third-order valence-corrected chi connectivity index (χ3v) is 7.33. The highest BCUT2D eigenvalue weighted by Gasteiger charge is 2.35. The van der Waals surface area contributed by atoms with Crippen LogP contribution in [0.25, 0.3) is 11.0 Å². The van der Waals surface area contributed by atoms with Crippen molar-refractivity contribution in [3.63, 3.8) is 0 Å². The van der Waals surface area contributed by atoms with E-state index >= 15 is 0 Å². The van der Waals surface area contributed by atoms with Gasteiger partial charge >= 0.3 is 0 Å². The molecule has 8 nitrogen and oxygen atoms in total. The molecule has 2 atom stereocenters. The average Bonchev–Trinajstić information content (AvgIpc) is 3.64. The zero-order chi connectivity index (χ0) is 25.1. The minimum atomic E-state index is -0.945. The Bertz CT molecular complexity index is 1360. The van der Waals surface area contributed by atoms with Crippen LogP contribution in [0.3, 0.4) is 0 Å². The van der Waals surface area contributed by atoms with E-state index in [1.807, 2.05) is 42.6 Å². The second-order valence-corrected chi connectivity index (χ2v) is 9.67. The molecule has 0 aliphatic carbocycles. The number of aromatic nitrogens is 3. The summed E-state index contributed by atoms with van der Waals surface area (Å²) in [6.07, 6.45) is 1.79. The molecule has 0 spiro atoms. The van der Waals surface area contributed by atoms with Gasteiger partial charge in [-0.15, -0.1) is 16.4 Å². The summed E-state index contributed by atoms with van der Waals surface area (Å²) in [6.45, 7) is 2.81. The van der Waals surface area contributed by atoms with E-state index in [-0.39, 0.29) is 24.5 Å². The maximum atomic E-state index is 13.9. The zero-order valence-corrected chi connectivity index (χ0v) is 20.6. The largest absolute Gasteiger partial charge is 0.376 e. The van der Waals surface area contributed by atoms with Gasteiger partial charge < -0.3 is 10.1 Å². The summed E-state index contributed by atoms with van der Waals surface area (Å²) in [7, 11) is 0. The lowest BCUT2D eigenvalue weighted by Gasteiger charge is -2.31. The molecule has 2 amide bonds. The molecule has 1 aliphatic rings. The van der Waals surface area contributed by atoms with Crippen LogP contribution in [0, 0.1) is 12.7 Å². The molecular weight excluding hydrogens is 481 g/mol. The van der Waals surface area contributed by atoms with Gasteiger partial charge in [0, 0.05) is 23.7 Å². The van der Waals surface area contributed by atoms with Crippen molar-refractivity contribution in [2.24, 2.45) is 0 Å². The van der Waals surface area contributed by atoms with Crippen molar-refractivity contribution in [3.8, 4) is 0 Å². The quantitative estimate of drug-likeness (QED) is 0.389. The van der Waals surface area contributed by atoms with Crippen LogP contribution in [0.5, 0.6) is 0 Å². The number of carbonyl (C=O) groups is 2. The Labute approximate surface area is 211 Å². The van der Waals surface area contributed by atoms with Gasteiger partial charge in [0.1, 0.15) is 23.9 Å². The van der Waals surface area contributed by atoms with Crippen molar-refractivity contribution in [2.75, 3.05) is 18.1 Å². The van der Waals surface area contributed by atoms with Crippen LogP contribution in [0.1, 0.15) is 29.3 Å². The van der Waals surface area contributed by atoms with Gasteiger partial charge in [-0.1, -0.05) is 17.3 Å². The molecule has 1 N–H and O–H groups in total. The Kier molecular flexibility index (Phi) is 7.06. The number of rotatable bonds is 8. The number of hydrogen-bond donors (Lipinski definition) is 1. The fourth-order valence-electron chi connectivity index (χ4n) is 4.41. The Hall–Kier alpha value is -3.63. The van der Waals surface area contributed by atoms with Crippen molar-refractivity contribution >= 4 is 39.9 Å². The molecule has 1 fully saturated rings. The number of benzene rings is 2. The molecule has 0 bridgehead atoms. The molecule has 36 heavy (non-hydrogen) atoms. The first-order valence-electron chi connectivity index (χ1n) is 11.8. The highest BCUT2D eigenvalue weighted by atomic mass is 32.1. The fourth-order valence-corrected chi connectivity index (χ4v) is 5.43. The van der Waals surface area contributed by atoms with E-state index in [1.165, 1.54) is 45.2 Å². The second kappa shape index (κ2) is 10.5. The van der Waals surface area contributed by atoms with E-state index in [2.05, 4.69) is 15.6 Å². The lowest BCUT2D eigenvalue weighted by molar-refractivity contribution is -0.127. The first-order valence-corrected chi connectivity index (χ1v) is 12.7. The molecular formula is C26H26FN5O3S. The van der Waals surface area contributed by atoms with Gasteiger partial charge in [-0.05, 0) is 73.2 Å². The third kappa shape index (κ3) is 5.00. The van der Waals surface area contributed by atoms with Gasteiger partial charge in [0.25, 0.3) is 0 Å². The normalized spacial score (nSPS) is 16.2. The van der Waals surface area contributed by atoms with Gasteiger partial charge in [0.05, 0.1) is 11.6 Å². The highest BCUT2D eigenvalue weighted by Crippen LogP contribution is 2.34. The molecule has 1 aliphatic heterocycles. The Balaban J connectivity index is 1.52.